The number of hydrogen-bond acceptors (Lipinski definition) is 3. The molecule has 0 atom stereocenters. The van der Waals surface area contributed by atoms with Crippen molar-refractivity contribution in [2.75, 3.05) is 6.61 Å². The van der Waals surface area contributed by atoms with E-state index in [1.165, 1.54) is 0 Å². The summed E-state index contributed by atoms with van der Waals surface area (Å²) in [5, 5.41) is 8.37. The van der Waals surface area contributed by atoms with E-state index in [2.05, 4.69) is 0 Å². The Morgan fingerprint density at radius 2 is 2.06 bits per heavy atom. The van der Waals surface area contributed by atoms with Crippen LogP contribution in [0.2, 0.25) is 0 Å². The average molecular weight is 236 g/mol. The van der Waals surface area contributed by atoms with Gasteiger partial charge in [-0.1, -0.05) is 12.1 Å². The van der Waals surface area contributed by atoms with Gasteiger partial charge in [0.15, 0.2) is 0 Å². The summed E-state index contributed by atoms with van der Waals surface area (Å²) in [5.74, 6) is -1.29. The molecule has 0 amide bonds. The van der Waals surface area contributed by atoms with Crippen molar-refractivity contribution in [1.29, 1.82) is 0 Å². The lowest BCUT2D eigenvalue weighted by Crippen LogP contribution is -2.12. The van der Waals surface area contributed by atoms with Crippen LogP contribution in [-0.2, 0) is 9.59 Å². The first-order valence-electron chi connectivity index (χ1n) is 5.55. The second-order valence-corrected chi connectivity index (χ2v) is 3.85. The minimum absolute atomic E-state index is 0.0759. The zero-order valence-corrected chi connectivity index (χ0v) is 9.81. The summed E-state index contributed by atoms with van der Waals surface area (Å²) in [7, 11) is 0. The quantitative estimate of drug-likeness (QED) is 0.582. The molecule has 0 fully saturated rings. The third kappa shape index (κ3) is 5.15. The van der Waals surface area contributed by atoms with Gasteiger partial charge >= 0.3 is 5.97 Å². The molecule has 0 unspecified atom stereocenters. The first kappa shape index (κ1) is 13.2. The highest BCUT2D eigenvalue weighted by molar-refractivity contribution is 6.32. The van der Waals surface area contributed by atoms with E-state index in [9.17, 15) is 9.59 Å². The largest absolute Gasteiger partial charge is 0.494 e. The number of carbonyl (C=O) groups is 2. The minimum Gasteiger partial charge on any atom is -0.494 e. The van der Waals surface area contributed by atoms with E-state index in [1.54, 1.807) is 0 Å². The summed E-state index contributed by atoms with van der Waals surface area (Å²) in [6, 6.07) is 7.70. The van der Waals surface area contributed by atoms with E-state index < -0.39 is 11.8 Å². The van der Waals surface area contributed by atoms with Crippen molar-refractivity contribution in [2.45, 2.75) is 26.2 Å². The Morgan fingerprint density at radius 3 is 2.71 bits per heavy atom. The maximum Gasteiger partial charge on any atom is 0.372 e. The molecule has 0 spiro atoms. The van der Waals surface area contributed by atoms with Crippen molar-refractivity contribution < 1.29 is 19.4 Å². The molecular weight excluding hydrogens is 220 g/mol. The zero-order valence-electron chi connectivity index (χ0n) is 9.81. The van der Waals surface area contributed by atoms with Crippen LogP contribution in [0.4, 0.5) is 0 Å². The number of Topliss-reactive ketones (excluding diaryl/α,β-unsaturated/α-hetero) is 1. The molecule has 0 heterocycles. The number of aliphatic carboxylic acids is 1. The van der Waals surface area contributed by atoms with Gasteiger partial charge in [0, 0.05) is 6.42 Å². The van der Waals surface area contributed by atoms with Crippen LogP contribution >= 0.6 is 0 Å². The summed E-state index contributed by atoms with van der Waals surface area (Å²) in [6.07, 6.45) is 1.29. The first-order valence-corrected chi connectivity index (χ1v) is 5.55. The number of hydrogen-bond donors (Lipinski definition) is 1. The fourth-order valence-corrected chi connectivity index (χ4v) is 1.39. The topological polar surface area (TPSA) is 63.6 Å². The van der Waals surface area contributed by atoms with Crippen LogP contribution in [0.1, 0.15) is 24.8 Å². The standard InChI is InChI=1S/C13H16O4/c1-10-5-4-6-11(9-10)17-8-3-2-7-12(14)13(15)16/h4-6,9H,2-3,7-8H2,1H3,(H,15,16). The number of carbonyl (C=O) groups excluding carboxylic acids is 1. The number of carboxylic acid groups (broad SMARTS) is 1. The van der Waals surface area contributed by atoms with Crippen LogP contribution in [0.15, 0.2) is 24.3 Å². The highest BCUT2D eigenvalue weighted by Crippen LogP contribution is 2.12. The smallest absolute Gasteiger partial charge is 0.372 e. The molecule has 0 aliphatic carbocycles. The van der Waals surface area contributed by atoms with Gasteiger partial charge in [0.25, 0.3) is 0 Å². The van der Waals surface area contributed by atoms with E-state index in [4.69, 9.17) is 9.84 Å². The lowest BCUT2D eigenvalue weighted by atomic mass is 10.2. The normalized spacial score (nSPS) is 9.94. The molecule has 92 valence electrons. The van der Waals surface area contributed by atoms with Crippen molar-refractivity contribution >= 4 is 11.8 Å². The highest BCUT2D eigenvalue weighted by atomic mass is 16.5. The van der Waals surface area contributed by atoms with Crippen LogP contribution < -0.4 is 4.74 Å². The summed E-state index contributed by atoms with van der Waals surface area (Å²) in [6.45, 7) is 2.48. The van der Waals surface area contributed by atoms with Gasteiger partial charge in [-0.15, -0.1) is 0 Å². The van der Waals surface area contributed by atoms with Crippen molar-refractivity contribution in [3.05, 3.63) is 29.8 Å². The third-order valence-electron chi connectivity index (χ3n) is 2.29. The summed E-state index contributed by atoms with van der Waals surface area (Å²) < 4.78 is 5.47. The van der Waals surface area contributed by atoms with Crippen LogP contribution in [0.25, 0.3) is 0 Å². The van der Waals surface area contributed by atoms with Gasteiger partial charge in [0.05, 0.1) is 6.61 Å². The predicted octanol–water partition coefficient (Wildman–Crippen LogP) is 2.20. The van der Waals surface area contributed by atoms with Crippen molar-refractivity contribution in [3.8, 4) is 5.75 Å². The number of carboxylic acids is 1. The highest BCUT2D eigenvalue weighted by Gasteiger charge is 2.09. The maximum absolute atomic E-state index is 10.8. The van der Waals surface area contributed by atoms with Gasteiger partial charge in [-0.05, 0) is 37.5 Å². The molecule has 1 aromatic carbocycles. The van der Waals surface area contributed by atoms with Gasteiger partial charge in [-0.2, -0.15) is 0 Å². The summed E-state index contributed by atoms with van der Waals surface area (Å²) in [4.78, 5) is 21.0. The summed E-state index contributed by atoms with van der Waals surface area (Å²) in [5.41, 5.74) is 1.13. The van der Waals surface area contributed by atoms with Crippen LogP contribution in [-0.4, -0.2) is 23.5 Å². The number of unbranched alkanes of at least 4 members (excludes halogenated alkanes) is 1. The van der Waals surface area contributed by atoms with Gasteiger partial charge in [0.1, 0.15) is 5.75 Å². The van der Waals surface area contributed by atoms with Crippen LogP contribution in [0.5, 0.6) is 5.75 Å². The lowest BCUT2D eigenvalue weighted by Gasteiger charge is -2.05. The molecule has 0 saturated heterocycles. The van der Waals surface area contributed by atoms with Crippen molar-refractivity contribution in [1.82, 2.24) is 0 Å². The molecule has 0 radical (unpaired) electrons. The molecule has 0 saturated carbocycles. The Bertz CT molecular complexity index is 398. The molecule has 0 aliphatic rings. The van der Waals surface area contributed by atoms with Gasteiger partial charge < -0.3 is 9.84 Å². The van der Waals surface area contributed by atoms with Crippen LogP contribution in [0, 0.1) is 6.92 Å². The number of ketones is 1. The molecule has 4 heteroatoms. The SMILES string of the molecule is Cc1cccc(OCCCCC(=O)C(=O)O)c1. The fourth-order valence-electron chi connectivity index (χ4n) is 1.39. The van der Waals surface area contributed by atoms with Gasteiger partial charge in [-0.25, -0.2) is 4.79 Å². The molecule has 17 heavy (non-hydrogen) atoms. The number of aryl methyl sites for hydroxylation is 1. The third-order valence-corrected chi connectivity index (χ3v) is 2.29. The van der Waals surface area contributed by atoms with Crippen LogP contribution in [0.3, 0.4) is 0 Å². The Kier molecular flexibility index (Phi) is 5.20. The Balaban J connectivity index is 2.16. The first-order chi connectivity index (χ1) is 8.09. The van der Waals surface area contributed by atoms with E-state index >= 15 is 0 Å². The lowest BCUT2D eigenvalue weighted by molar-refractivity contribution is -0.149. The number of rotatable bonds is 7. The predicted molar refractivity (Wildman–Crippen MR) is 63.2 cm³/mol. The molecule has 0 aliphatic heterocycles. The monoisotopic (exact) mass is 236 g/mol. The minimum atomic E-state index is -1.36. The fraction of sp³-hybridized carbons (Fsp3) is 0.385. The van der Waals surface area contributed by atoms with Crippen molar-refractivity contribution in [3.63, 3.8) is 0 Å². The zero-order chi connectivity index (χ0) is 12.7. The molecule has 1 rings (SSSR count). The molecular formula is C13H16O4. The second-order valence-electron chi connectivity index (χ2n) is 3.85. The number of ether oxygens (including phenoxy) is 1. The van der Waals surface area contributed by atoms with Gasteiger partial charge in [-0.3, -0.25) is 4.79 Å². The molecule has 1 aromatic rings. The van der Waals surface area contributed by atoms with E-state index in [-0.39, 0.29) is 6.42 Å². The Hall–Kier alpha value is -1.84. The average Bonchev–Trinajstić information content (AvgIpc) is 2.28. The number of benzene rings is 1. The molecule has 1 N–H and O–H groups in total. The Morgan fingerprint density at radius 1 is 1.29 bits per heavy atom. The molecule has 0 aromatic heterocycles. The second kappa shape index (κ2) is 6.68. The summed E-state index contributed by atoms with van der Waals surface area (Å²) >= 11 is 0. The van der Waals surface area contributed by atoms with E-state index in [0.717, 1.165) is 11.3 Å². The molecule has 4 nitrogen and oxygen atoms in total. The maximum atomic E-state index is 10.8. The van der Waals surface area contributed by atoms with E-state index in [1.807, 2.05) is 31.2 Å². The molecule has 0 bridgehead atoms. The van der Waals surface area contributed by atoms with Crippen molar-refractivity contribution in [2.24, 2.45) is 0 Å². The van der Waals surface area contributed by atoms with E-state index in [0.29, 0.717) is 19.4 Å². The van der Waals surface area contributed by atoms with Gasteiger partial charge in [0.2, 0.25) is 5.78 Å². The Labute approximate surface area is 100 Å².